The van der Waals surface area contributed by atoms with Crippen LogP contribution in [0.5, 0.6) is 0 Å². The molecule has 1 atom stereocenters. The zero-order valence-corrected chi connectivity index (χ0v) is 34.3. The molecule has 0 bridgehead atoms. The molecule has 0 radical (unpaired) electrons. The van der Waals surface area contributed by atoms with Gasteiger partial charge < -0.3 is 0 Å². The van der Waals surface area contributed by atoms with Crippen molar-refractivity contribution in [3.8, 4) is 0 Å². The normalized spacial score (nSPS) is 11.7. The molecule has 6 aromatic carbocycles. The number of hydrogen-bond acceptors (Lipinski definition) is 2. The minimum absolute atomic E-state index is 0.137. The van der Waals surface area contributed by atoms with Gasteiger partial charge in [0.2, 0.25) is 0 Å². The molecular formula is C44H48O3P4S. The maximum atomic E-state index is 9.19. The predicted octanol–water partition coefficient (Wildman–Crippen LogP) is 8.67. The molecule has 0 aliphatic rings. The standard InChI is InChI=1S/C43H44P4.CH4O3S/c44-43(31-34-45(37-19-7-1-8-20-37)38-21-9-2-10-22-38,32-35-46(39-23-11-3-12-24-39)40-25-13-4-14-26-40)33-36-47(41-27-15-5-16-28-41)42-29-17-6-18-30-42;1-5(2,3)4/h1-30H,31-36,44H2;1H3,(H,2,3,4). The molecule has 0 spiro atoms. The lowest BCUT2D eigenvalue weighted by molar-refractivity contribution is 0.490. The molecule has 0 saturated carbocycles. The van der Waals surface area contributed by atoms with Crippen molar-refractivity contribution in [2.24, 2.45) is 0 Å². The summed E-state index contributed by atoms with van der Waals surface area (Å²) >= 11 is 0. The fourth-order valence-corrected chi connectivity index (χ4v) is 15.1. The minimum atomic E-state index is -3.67. The Labute approximate surface area is 317 Å². The van der Waals surface area contributed by atoms with Crippen molar-refractivity contribution in [1.29, 1.82) is 0 Å². The van der Waals surface area contributed by atoms with Crippen molar-refractivity contribution in [2.75, 3.05) is 24.7 Å². The SMILES string of the molecule is CS(=O)(=O)O.PC(CCP(c1ccccc1)c1ccccc1)(CCP(c1ccccc1)c1ccccc1)CCP(c1ccccc1)c1ccccc1. The van der Waals surface area contributed by atoms with E-state index in [1.807, 2.05) is 0 Å². The van der Waals surface area contributed by atoms with Gasteiger partial charge >= 0.3 is 0 Å². The van der Waals surface area contributed by atoms with E-state index in [1.54, 1.807) is 0 Å². The molecule has 52 heavy (non-hydrogen) atoms. The van der Waals surface area contributed by atoms with Crippen LogP contribution in [0, 0.1) is 0 Å². The third kappa shape index (κ3) is 13.1. The van der Waals surface area contributed by atoms with Crippen molar-refractivity contribution in [1.82, 2.24) is 0 Å². The summed E-state index contributed by atoms with van der Waals surface area (Å²) in [6.45, 7) is 0. The van der Waals surface area contributed by atoms with Gasteiger partial charge in [-0.1, -0.05) is 182 Å². The first-order valence-electron chi connectivity index (χ1n) is 17.5. The highest BCUT2D eigenvalue weighted by atomic mass is 32.2. The topological polar surface area (TPSA) is 54.4 Å². The maximum Gasteiger partial charge on any atom is 0.261 e. The quantitative estimate of drug-likeness (QED) is 0.0839. The van der Waals surface area contributed by atoms with Gasteiger partial charge in [0, 0.05) is 0 Å². The summed E-state index contributed by atoms with van der Waals surface area (Å²) in [7, 11) is -1.53. The van der Waals surface area contributed by atoms with E-state index in [9.17, 15) is 8.42 Å². The highest BCUT2D eigenvalue weighted by Gasteiger charge is 2.30. The molecule has 6 rings (SSSR count). The Kier molecular flexibility index (Phi) is 15.8. The number of benzene rings is 6. The van der Waals surface area contributed by atoms with Gasteiger partial charge in [-0.05, 0) is 98.5 Å². The van der Waals surface area contributed by atoms with E-state index in [4.69, 9.17) is 4.55 Å². The second kappa shape index (κ2) is 20.4. The smallest absolute Gasteiger partial charge is 0.261 e. The van der Waals surface area contributed by atoms with E-state index in [0.717, 1.165) is 0 Å². The van der Waals surface area contributed by atoms with Crippen molar-refractivity contribution >= 4 is 74.9 Å². The van der Waals surface area contributed by atoms with E-state index < -0.39 is 33.9 Å². The summed E-state index contributed by atoms with van der Waals surface area (Å²) < 4.78 is 25.9. The lowest BCUT2D eigenvalue weighted by Gasteiger charge is -2.35. The van der Waals surface area contributed by atoms with E-state index in [2.05, 4.69) is 191 Å². The molecule has 3 nitrogen and oxygen atoms in total. The minimum Gasteiger partial charge on any atom is -0.286 e. The van der Waals surface area contributed by atoms with Gasteiger partial charge in [0.1, 0.15) is 0 Å². The van der Waals surface area contributed by atoms with Crippen molar-refractivity contribution < 1.29 is 13.0 Å². The lowest BCUT2D eigenvalue weighted by atomic mass is 9.99. The molecule has 0 saturated heterocycles. The molecule has 0 aliphatic heterocycles. The van der Waals surface area contributed by atoms with E-state index in [-0.39, 0.29) is 5.16 Å². The van der Waals surface area contributed by atoms with Gasteiger partial charge in [-0.3, -0.25) is 4.55 Å². The van der Waals surface area contributed by atoms with Crippen LogP contribution in [0.3, 0.4) is 0 Å². The van der Waals surface area contributed by atoms with Gasteiger partial charge in [-0.2, -0.15) is 8.42 Å². The van der Waals surface area contributed by atoms with Crippen LogP contribution in [0.4, 0.5) is 0 Å². The molecule has 0 aliphatic carbocycles. The summed E-state index contributed by atoms with van der Waals surface area (Å²) in [5.41, 5.74) is 0. The second-order valence-electron chi connectivity index (χ2n) is 12.8. The Bertz CT molecular complexity index is 1650. The summed E-state index contributed by atoms with van der Waals surface area (Å²) in [4.78, 5) is 0. The van der Waals surface area contributed by atoms with Gasteiger partial charge in [0.15, 0.2) is 0 Å². The van der Waals surface area contributed by atoms with Gasteiger partial charge in [0.25, 0.3) is 10.1 Å². The lowest BCUT2D eigenvalue weighted by Crippen LogP contribution is -2.29. The third-order valence-electron chi connectivity index (χ3n) is 8.91. The Hall–Kier alpha value is -3.05. The van der Waals surface area contributed by atoms with Crippen LogP contribution in [-0.4, -0.2) is 42.9 Å². The fourth-order valence-electron chi connectivity index (χ4n) is 6.25. The van der Waals surface area contributed by atoms with Crippen molar-refractivity contribution in [3.05, 3.63) is 182 Å². The van der Waals surface area contributed by atoms with Crippen LogP contribution in [-0.2, 0) is 10.1 Å². The Morgan fingerprint density at radius 2 is 0.577 bits per heavy atom. The van der Waals surface area contributed by atoms with E-state index in [1.165, 1.54) is 69.6 Å². The highest BCUT2D eigenvalue weighted by molar-refractivity contribution is 7.85. The van der Waals surface area contributed by atoms with Gasteiger partial charge in [-0.25, -0.2) is 0 Å². The molecule has 6 aromatic rings. The fraction of sp³-hybridized carbons (Fsp3) is 0.182. The molecule has 0 fully saturated rings. The molecule has 268 valence electrons. The average Bonchev–Trinajstić information content (AvgIpc) is 3.17. The first kappa shape index (κ1) is 40.1. The van der Waals surface area contributed by atoms with Gasteiger partial charge in [0.05, 0.1) is 6.26 Å². The van der Waals surface area contributed by atoms with Crippen LogP contribution in [0.15, 0.2) is 182 Å². The summed E-state index contributed by atoms with van der Waals surface area (Å²) in [5, 5.41) is 9.01. The Morgan fingerprint density at radius 3 is 0.731 bits per heavy atom. The third-order valence-corrected chi connectivity index (χ3v) is 17.3. The number of hydrogen-bond donors (Lipinski definition) is 1. The van der Waals surface area contributed by atoms with Crippen molar-refractivity contribution in [2.45, 2.75) is 24.4 Å². The Balaban J connectivity index is 0.000000979. The first-order valence-corrected chi connectivity index (χ1v) is 24.5. The molecule has 1 N–H and O–H groups in total. The monoisotopic (exact) mass is 780 g/mol. The van der Waals surface area contributed by atoms with Crippen LogP contribution in [0.1, 0.15) is 19.3 Å². The molecule has 0 heterocycles. The maximum absolute atomic E-state index is 9.19. The molecule has 0 aromatic heterocycles. The molecule has 1 unspecified atom stereocenters. The largest absolute Gasteiger partial charge is 0.286 e. The van der Waals surface area contributed by atoms with Crippen LogP contribution >= 0.6 is 33.0 Å². The second-order valence-corrected chi connectivity index (χ2v) is 22.5. The van der Waals surface area contributed by atoms with Crippen LogP contribution in [0.2, 0.25) is 0 Å². The van der Waals surface area contributed by atoms with Gasteiger partial charge in [-0.15, -0.1) is 9.24 Å². The predicted molar refractivity (Wildman–Crippen MR) is 236 cm³/mol. The summed E-state index contributed by atoms with van der Waals surface area (Å²) in [5.74, 6) is 0. The highest BCUT2D eigenvalue weighted by Crippen LogP contribution is 2.47. The molecular weight excluding hydrogens is 732 g/mol. The first-order chi connectivity index (χ1) is 25.2. The van der Waals surface area contributed by atoms with Crippen molar-refractivity contribution in [3.63, 3.8) is 0 Å². The zero-order chi connectivity index (χ0) is 36.7. The van der Waals surface area contributed by atoms with E-state index in [0.29, 0.717) is 6.26 Å². The summed E-state index contributed by atoms with van der Waals surface area (Å²) in [6.07, 6.45) is 7.85. The zero-order valence-electron chi connectivity index (χ0n) is 29.7. The van der Waals surface area contributed by atoms with Crippen LogP contribution < -0.4 is 31.8 Å². The molecule has 0 amide bonds. The number of rotatable bonds is 15. The summed E-state index contributed by atoms with van der Waals surface area (Å²) in [6, 6.07) is 67.5. The molecule has 8 heteroatoms. The van der Waals surface area contributed by atoms with Crippen LogP contribution in [0.25, 0.3) is 0 Å². The Morgan fingerprint density at radius 1 is 0.423 bits per heavy atom. The van der Waals surface area contributed by atoms with E-state index >= 15 is 0 Å². The average molecular weight is 781 g/mol.